The van der Waals surface area contributed by atoms with Gasteiger partial charge in [0.15, 0.2) is 0 Å². The second-order valence-electron chi connectivity index (χ2n) is 5.45. The zero-order chi connectivity index (χ0) is 17.5. The van der Waals surface area contributed by atoms with Crippen LogP contribution < -0.4 is 15.8 Å². The minimum Gasteiger partial charge on any atom is -0.354 e. The van der Waals surface area contributed by atoms with Crippen molar-refractivity contribution in [2.24, 2.45) is 5.73 Å². The maximum absolute atomic E-state index is 12.8. The monoisotopic (exact) mass is 345 g/mol. The van der Waals surface area contributed by atoms with Crippen molar-refractivity contribution in [1.82, 2.24) is 10.0 Å². The van der Waals surface area contributed by atoms with Gasteiger partial charge in [-0.05, 0) is 37.1 Å². The van der Waals surface area contributed by atoms with E-state index in [9.17, 15) is 17.6 Å². The molecule has 0 saturated carbocycles. The van der Waals surface area contributed by atoms with Crippen LogP contribution in [-0.4, -0.2) is 33.0 Å². The number of rotatable bonds is 9. The molecule has 0 aliphatic heterocycles. The predicted molar refractivity (Wildman–Crippen MR) is 86.7 cm³/mol. The van der Waals surface area contributed by atoms with Crippen molar-refractivity contribution in [3.63, 3.8) is 0 Å². The number of nitrogens with one attached hydrogen (secondary N) is 2. The van der Waals surface area contributed by atoms with Crippen molar-refractivity contribution in [1.29, 1.82) is 0 Å². The van der Waals surface area contributed by atoms with Crippen LogP contribution in [-0.2, 0) is 14.8 Å². The standard InChI is InChI=1S/C15H24FN3O3S/c1-3-15(17,4-2)11-18-14(20)9-10-19-23(21,22)13-7-5-12(16)6-8-13/h5-8,19H,3-4,9-11,17H2,1-2H3,(H,18,20). The second-order valence-corrected chi connectivity index (χ2v) is 7.21. The van der Waals surface area contributed by atoms with Crippen LogP contribution in [0.25, 0.3) is 0 Å². The Hall–Kier alpha value is -1.51. The highest BCUT2D eigenvalue weighted by molar-refractivity contribution is 7.89. The molecule has 1 aromatic carbocycles. The fourth-order valence-corrected chi connectivity index (χ4v) is 2.89. The first-order valence-corrected chi connectivity index (χ1v) is 9.01. The van der Waals surface area contributed by atoms with Crippen LogP contribution in [0, 0.1) is 5.82 Å². The quantitative estimate of drug-likeness (QED) is 0.624. The van der Waals surface area contributed by atoms with Crippen LogP contribution in [0.2, 0.25) is 0 Å². The number of benzene rings is 1. The summed E-state index contributed by atoms with van der Waals surface area (Å²) >= 11 is 0. The minimum absolute atomic E-state index is 0.00390. The van der Waals surface area contributed by atoms with Crippen molar-refractivity contribution in [3.05, 3.63) is 30.1 Å². The normalized spacial score (nSPS) is 12.2. The summed E-state index contributed by atoms with van der Waals surface area (Å²) in [6, 6.07) is 4.47. The lowest BCUT2D eigenvalue weighted by molar-refractivity contribution is -0.121. The van der Waals surface area contributed by atoms with E-state index in [-0.39, 0.29) is 23.8 Å². The summed E-state index contributed by atoms with van der Waals surface area (Å²) in [5, 5.41) is 2.71. The van der Waals surface area contributed by atoms with Crippen LogP contribution in [0.15, 0.2) is 29.2 Å². The van der Waals surface area contributed by atoms with Gasteiger partial charge in [0.2, 0.25) is 15.9 Å². The first-order valence-electron chi connectivity index (χ1n) is 7.53. The maximum Gasteiger partial charge on any atom is 0.240 e. The zero-order valence-electron chi connectivity index (χ0n) is 13.4. The van der Waals surface area contributed by atoms with Crippen molar-refractivity contribution in [3.8, 4) is 0 Å². The van der Waals surface area contributed by atoms with Gasteiger partial charge in [-0.3, -0.25) is 4.79 Å². The number of carbonyl (C=O) groups is 1. The molecule has 4 N–H and O–H groups in total. The van der Waals surface area contributed by atoms with Crippen molar-refractivity contribution in [2.45, 2.75) is 43.5 Å². The van der Waals surface area contributed by atoms with E-state index in [2.05, 4.69) is 10.0 Å². The molecule has 0 spiro atoms. The van der Waals surface area contributed by atoms with Crippen LogP contribution >= 0.6 is 0 Å². The highest BCUT2D eigenvalue weighted by Crippen LogP contribution is 2.10. The molecule has 0 bridgehead atoms. The molecule has 1 rings (SSSR count). The van der Waals surface area contributed by atoms with Gasteiger partial charge < -0.3 is 11.1 Å². The topological polar surface area (TPSA) is 101 Å². The average molecular weight is 345 g/mol. The fourth-order valence-electron chi connectivity index (χ4n) is 1.86. The summed E-state index contributed by atoms with van der Waals surface area (Å²) in [7, 11) is -3.75. The Kier molecular flexibility index (Phi) is 7.11. The fraction of sp³-hybridized carbons (Fsp3) is 0.533. The van der Waals surface area contributed by atoms with Crippen LogP contribution in [0.1, 0.15) is 33.1 Å². The van der Waals surface area contributed by atoms with E-state index < -0.39 is 21.4 Å². The molecule has 130 valence electrons. The number of carbonyl (C=O) groups excluding carboxylic acids is 1. The molecule has 8 heteroatoms. The first-order chi connectivity index (χ1) is 10.7. The summed E-state index contributed by atoms with van der Waals surface area (Å²) in [5.74, 6) is -0.788. The largest absolute Gasteiger partial charge is 0.354 e. The van der Waals surface area contributed by atoms with Crippen molar-refractivity contribution in [2.75, 3.05) is 13.1 Å². The lowest BCUT2D eigenvalue weighted by Gasteiger charge is -2.26. The van der Waals surface area contributed by atoms with Gasteiger partial charge >= 0.3 is 0 Å². The van der Waals surface area contributed by atoms with Gasteiger partial charge in [0.1, 0.15) is 5.82 Å². The molecule has 23 heavy (non-hydrogen) atoms. The highest BCUT2D eigenvalue weighted by atomic mass is 32.2. The van der Waals surface area contributed by atoms with Crippen LogP contribution in [0.4, 0.5) is 4.39 Å². The number of hydrogen-bond acceptors (Lipinski definition) is 4. The average Bonchev–Trinajstić information content (AvgIpc) is 2.53. The van der Waals surface area contributed by atoms with E-state index in [1.165, 1.54) is 12.1 Å². The molecule has 0 saturated heterocycles. The smallest absolute Gasteiger partial charge is 0.240 e. The third-order valence-corrected chi connectivity index (χ3v) is 5.29. The number of amides is 1. The van der Waals surface area contributed by atoms with E-state index in [1.54, 1.807) is 0 Å². The summed E-state index contributed by atoms with van der Waals surface area (Å²) in [5.41, 5.74) is 5.63. The molecule has 0 fully saturated rings. The van der Waals surface area contributed by atoms with Gasteiger partial charge in [0.25, 0.3) is 0 Å². The van der Waals surface area contributed by atoms with E-state index in [0.29, 0.717) is 6.54 Å². The molecule has 0 aliphatic rings. The number of nitrogens with two attached hydrogens (primary N) is 1. The minimum atomic E-state index is -3.75. The Morgan fingerprint density at radius 3 is 2.30 bits per heavy atom. The molecular formula is C15H24FN3O3S. The number of hydrogen-bond donors (Lipinski definition) is 3. The van der Waals surface area contributed by atoms with E-state index in [4.69, 9.17) is 5.73 Å². The van der Waals surface area contributed by atoms with Crippen molar-refractivity contribution >= 4 is 15.9 Å². The molecule has 1 aromatic rings. The van der Waals surface area contributed by atoms with E-state index in [1.807, 2.05) is 13.8 Å². The van der Waals surface area contributed by atoms with Crippen LogP contribution in [0.5, 0.6) is 0 Å². The second kappa shape index (κ2) is 8.37. The van der Waals surface area contributed by atoms with Gasteiger partial charge in [0, 0.05) is 25.0 Å². The number of halogens is 1. The molecule has 0 aromatic heterocycles. The summed E-state index contributed by atoms with van der Waals surface area (Å²) in [6.45, 7) is 4.21. The first kappa shape index (κ1) is 19.5. The van der Waals surface area contributed by atoms with Gasteiger partial charge in [0.05, 0.1) is 4.90 Å². The maximum atomic E-state index is 12.8. The van der Waals surface area contributed by atoms with Gasteiger partial charge in [-0.1, -0.05) is 13.8 Å². The van der Waals surface area contributed by atoms with Gasteiger partial charge in [-0.2, -0.15) is 0 Å². The molecule has 6 nitrogen and oxygen atoms in total. The van der Waals surface area contributed by atoms with Crippen LogP contribution in [0.3, 0.4) is 0 Å². The lowest BCUT2D eigenvalue weighted by Crippen LogP contribution is -2.49. The third-order valence-electron chi connectivity index (χ3n) is 3.81. The highest BCUT2D eigenvalue weighted by Gasteiger charge is 2.21. The molecule has 0 aliphatic carbocycles. The zero-order valence-corrected chi connectivity index (χ0v) is 14.2. The molecule has 0 unspecified atom stereocenters. The Labute approximate surface area is 136 Å². The third kappa shape index (κ3) is 6.25. The SMILES string of the molecule is CCC(N)(CC)CNC(=O)CCNS(=O)(=O)c1ccc(F)cc1. The summed E-state index contributed by atoms with van der Waals surface area (Å²) in [4.78, 5) is 11.7. The van der Waals surface area contributed by atoms with E-state index >= 15 is 0 Å². The van der Waals surface area contributed by atoms with Crippen molar-refractivity contribution < 1.29 is 17.6 Å². The molecule has 0 heterocycles. The molecule has 0 radical (unpaired) electrons. The molecule has 0 atom stereocenters. The van der Waals surface area contributed by atoms with Gasteiger partial charge in [-0.25, -0.2) is 17.5 Å². The lowest BCUT2D eigenvalue weighted by atomic mass is 9.94. The Morgan fingerprint density at radius 2 is 1.78 bits per heavy atom. The molecular weight excluding hydrogens is 321 g/mol. The number of sulfonamides is 1. The summed E-state index contributed by atoms with van der Waals surface area (Å²) in [6.07, 6.45) is 1.48. The van der Waals surface area contributed by atoms with E-state index in [0.717, 1.165) is 25.0 Å². The Bertz CT molecular complexity index is 613. The molecule has 1 amide bonds. The predicted octanol–water partition coefficient (Wildman–Crippen LogP) is 1.13. The Morgan fingerprint density at radius 1 is 1.22 bits per heavy atom. The summed E-state index contributed by atoms with van der Waals surface area (Å²) < 4.78 is 39.0. The Balaban J connectivity index is 2.44. The van der Waals surface area contributed by atoms with Gasteiger partial charge in [-0.15, -0.1) is 0 Å².